The van der Waals surface area contributed by atoms with E-state index in [1.54, 1.807) is 13.8 Å². The van der Waals surface area contributed by atoms with Crippen LogP contribution in [0.2, 0.25) is 0 Å². The van der Waals surface area contributed by atoms with Crippen LogP contribution in [0.3, 0.4) is 0 Å². The van der Waals surface area contributed by atoms with Crippen LogP contribution in [-0.4, -0.2) is 20.6 Å². The molecule has 0 saturated heterocycles. The number of hydrogen-bond donors (Lipinski definition) is 2. The summed E-state index contributed by atoms with van der Waals surface area (Å²) in [5.74, 6) is -0.746. The second-order valence-corrected chi connectivity index (χ2v) is 2.94. The van der Waals surface area contributed by atoms with Gasteiger partial charge < -0.3 is 10.8 Å². The van der Waals surface area contributed by atoms with Crippen molar-refractivity contribution >= 4 is 11.7 Å². The Kier molecular flexibility index (Phi) is 2.55. The number of hydrogen-bond acceptors (Lipinski definition) is 4. The quantitative estimate of drug-likeness (QED) is 0.667. The van der Waals surface area contributed by atoms with Crippen LogP contribution in [0.4, 0.5) is 5.69 Å². The minimum absolute atomic E-state index is 0.00292. The van der Waals surface area contributed by atoms with Crippen LogP contribution in [0, 0.1) is 13.8 Å². The molecule has 0 unspecified atom stereocenters. The molecule has 0 radical (unpaired) electrons. The lowest BCUT2D eigenvalue weighted by molar-refractivity contribution is -0.137. The van der Waals surface area contributed by atoms with Gasteiger partial charge in [-0.3, -0.25) is 14.2 Å². The molecule has 0 bridgehead atoms. The zero-order chi connectivity index (χ0) is 10.9. The Morgan fingerprint density at radius 2 is 2.14 bits per heavy atom. The summed E-state index contributed by atoms with van der Waals surface area (Å²) in [6.45, 7) is 2.76. The summed E-state index contributed by atoms with van der Waals surface area (Å²) in [5, 5.41) is 8.55. The molecule has 3 N–H and O–H groups in total. The van der Waals surface area contributed by atoms with Gasteiger partial charge >= 0.3 is 5.97 Å². The summed E-state index contributed by atoms with van der Waals surface area (Å²) in [5.41, 5.74) is 5.36. The molecule has 1 rings (SSSR count). The van der Waals surface area contributed by atoms with Crippen molar-refractivity contribution in [3.8, 4) is 0 Å². The molecule has 0 aliphatic rings. The Hall–Kier alpha value is -1.85. The summed E-state index contributed by atoms with van der Waals surface area (Å²) >= 11 is 0. The molecule has 0 atom stereocenters. The Bertz CT molecular complexity index is 436. The molecule has 0 aliphatic carbocycles. The largest absolute Gasteiger partial charge is 0.480 e. The van der Waals surface area contributed by atoms with Crippen molar-refractivity contribution in [2.45, 2.75) is 20.4 Å². The van der Waals surface area contributed by atoms with Crippen molar-refractivity contribution in [3.05, 3.63) is 21.9 Å². The summed E-state index contributed by atoms with van der Waals surface area (Å²) in [7, 11) is 0. The van der Waals surface area contributed by atoms with Crippen LogP contribution >= 0.6 is 0 Å². The third-order valence-corrected chi connectivity index (χ3v) is 1.88. The number of nitrogens with two attached hydrogens (primary N) is 1. The van der Waals surface area contributed by atoms with Gasteiger partial charge in [0.05, 0.1) is 5.69 Å². The van der Waals surface area contributed by atoms with Gasteiger partial charge in [0.1, 0.15) is 18.1 Å². The standard InChI is InChI=1S/C8H11N3O3/c1-4-7(9)8(14)11(3-6(12)13)5(2)10-4/h3,9H2,1-2H3,(H,12,13). The molecule has 6 heteroatoms. The van der Waals surface area contributed by atoms with Gasteiger partial charge in [-0.05, 0) is 13.8 Å². The lowest BCUT2D eigenvalue weighted by atomic mass is 10.3. The van der Waals surface area contributed by atoms with Crippen LogP contribution in [0.25, 0.3) is 0 Å². The third kappa shape index (κ3) is 1.73. The number of carbonyl (C=O) groups is 1. The Balaban J connectivity index is 3.37. The van der Waals surface area contributed by atoms with Crippen molar-refractivity contribution in [1.82, 2.24) is 9.55 Å². The predicted molar refractivity (Wildman–Crippen MR) is 50.0 cm³/mol. The van der Waals surface area contributed by atoms with Crippen molar-refractivity contribution < 1.29 is 9.90 Å². The van der Waals surface area contributed by atoms with Crippen molar-refractivity contribution in [2.24, 2.45) is 0 Å². The first-order valence-electron chi connectivity index (χ1n) is 3.98. The number of aliphatic carboxylic acids is 1. The number of aryl methyl sites for hydroxylation is 2. The van der Waals surface area contributed by atoms with E-state index in [0.29, 0.717) is 11.5 Å². The molecular weight excluding hydrogens is 186 g/mol. The Labute approximate surface area is 80.0 Å². The molecule has 0 fully saturated rings. The summed E-state index contributed by atoms with van der Waals surface area (Å²) in [6.07, 6.45) is 0. The molecule has 0 saturated carbocycles. The highest BCUT2D eigenvalue weighted by Crippen LogP contribution is 2.01. The first-order valence-corrected chi connectivity index (χ1v) is 3.98. The van der Waals surface area contributed by atoms with Crippen molar-refractivity contribution in [1.29, 1.82) is 0 Å². The monoisotopic (exact) mass is 197 g/mol. The molecule has 14 heavy (non-hydrogen) atoms. The van der Waals surface area contributed by atoms with E-state index < -0.39 is 18.1 Å². The van der Waals surface area contributed by atoms with Crippen LogP contribution in [0.15, 0.2) is 4.79 Å². The van der Waals surface area contributed by atoms with Gasteiger partial charge in [0.15, 0.2) is 0 Å². The molecule has 76 valence electrons. The van der Waals surface area contributed by atoms with Crippen LogP contribution < -0.4 is 11.3 Å². The molecule has 0 aromatic carbocycles. The first kappa shape index (κ1) is 10.2. The fraction of sp³-hybridized carbons (Fsp3) is 0.375. The van der Waals surface area contributed by atoms with Gasteiger partial charge in [0.25, 0.3) is 5.56 Å². The third-order valence-electron chi connectivity index (χ3n) is 1.88. The van der Waals surface area contributed by atoms with Gasteiger partial charge in [0.2, 0.25) is 0 Å². The fourth-order valence-electron chi connectivity index (χ4n) is 1.13. The van der Waals surface area contributed by atoms with Gasteiger partial charge in [-0.25, -0.2) is 4.98 Å². The van der Waals surface area contributed by atoms with E-state index in [-0.39, 0.29) is 5.69 Å². The van der Waals surface area contributed by atoms with E-state index in [0.717, 1.165) is 4.57 Å². The topological polar surface area (TPSA) is 98.2 Å². The number of carboxylic acid groups (broad SMARTS) is 1. The van der Waals surface area contributed by atoms with Gasteiger partial charge in [-0.15, -0.1) is 0 Å². The second kappa shape index (κ2) is 3.49. The van der Waals surface area contributed by atoms with E-state index in [2.05, 4.69) is 4.98 Å². The minimum atomic E-state index is -1.10. The maximum Gasteiger partial charge on any atom is 0.323 e. The lowest BCUT2D eigenvalue weighted by Crippen LogP contribution is -2.30. The highest BCUT2D eigenvalue weighted by Gasteiger charge is 2.10. The first-order chi connectivity index (χ1) is 6.43. The summed E-state index contributed by atoms with van der Waals surface area (Å²) in [6, 6.07) is 0. The number of rotatable bonds is 2. The van der Waals surface area contributed by atoms with E-state index in [4.69, 9.17) is 10.8 Å². The summed E-state index contributed by atoms with van der Waals surface area (Å²) < 4.78 is 1.03. The molecule has 1 aromatic rings. The zero-order valence-corrected chi connectivity index (χ0v) is 7.94. The van der Waals surface area contributed by atoms with Gasteiger partial charge in [-0.1, -0.05) is 0 Å². The van der Waals surface area contributed by atoms with E-state index >= 15 is 0 Å². The number of nitrogens with zero attached hydrogens (tertiary/aromatic N) is 2. The lowest BCUT2D eigenvalue weighted by Gasteiger charge is -2.08. The maximum atomic E-state index is 11.5. The Morgan fingerprint density at radius 3 is 2.64 bits per heavy atom. The second-order valence-electron chi connectivity index (χ2n) is 2.94. The Morgan fingerprint density at radius 1 is 1.57 bits per heavy atom. The van der Waals surface area contributed by atoms with Crippen LogP contribution in [0.5, 0.6) is 0 Å². The van der Waals surface area contributed by atoms with E-state index in [1.807, 2.05) is 0 Å². The smallest absolute Gasteiger partial charge is 0.323 e. The average Bonchev–Trinajstić information content (AvgIpc) is 2.09. The SMILES string of the molecule is Cc1nc(C)n(CC(=O)O)c(=O)c1N. The van der Waals surface area contributed by atoms with Crippen molar-refractivity contribution in [3.63, 3.8) is 0 Å². The average molecular weight is 197 g/mol. The van der Waals surface area contributed by atoms with Crippen molar-refractivity contribution in [2.75, 3.05) is 5.73 Å². The molecule has 0 aliphatic heterocycles. The molecule has 1 aromatic heterocycles. The van der Waals surface area contributed by atoms with E-state index in [9.17, 15) is 9.59 Å². The van der Waals surface area contributed by atoms with Crippen LogP contribution in [0.1, 0.15) is 11.5 Å². The number of anilines is 1. The number of carboxylic acids is 1. The molecular formula is C8H11N3O3. The van der Waals surface area contributed by atoms with Gasteiger partial charge in [-0.2, -0.15) is 0 Å². The predicted octanol–water partition coefficient (Wildman–Crippen LogP) is -0.473. The highest BCUT2D eigenvalue weighted by atomic mass is 16.4. The minimum Gasteiger partial charge on any atom is -0.480 e. The summed E-state index contributed by atoms with van der Waals surface area (Å²) in [4.78, 5) is 25.9. The fourth-order valence-corrected chi connectivity index (χ4v) is 1.13. The normalized spacial score (nSPS) is 10.1. The van der Waals surface area contributed by atoms with Crippen LogP contribution in [-0.2, 0) is 11.3 Å². The number of nitrogen functional groups attached to an aromatic ring is 1. The maximum absolute atomic E-state index is 11.5. The molecule has 1 heterocycles. The van der Waals surface area contributed by atoms with Gasteiger partial charge in [0, 0.05) is 0 Å². The zero-order valence-electron chi connectivity index (χ0n) is 7.94. The molecule has 6 nitrogen and oxygen atoms in total. The molecule has 0 amide bonds. The van der Waals surface area contributed by atoms with E-state index in [1.165, 1.54) is 0 Å². The molecule has 0 spiro atoms. The highest BCUT2D eigenvalue weighted by molar-refractivity contribution is 5.66. The number of aromatic nitrogens is 2.